The van der Waals surface area contributed by atoms with Crippen LogP contribution in [0.25, 0.3) is 5.69 Å². The lowest BCUT2D eigenvalue weighted by atomic mass is 10.1. The fourth-order valence-corrected chi connectivity index (χ4v) is 3.18. The molecule has 1 aliphatic heterocycles. The number of hydrogen-bond acceptors (Lipinski definition) is 4. The number of para-hydroxylation sites is 1. The zero-order valence-electron chi connectivity index (χ0n) is 13.7. The molecule has 0 saturated carbocycles. The average Bonchev–Trinajstić information content (AvgIpc) is 2.99. The van der Waals surface area contributed by atoms with E-state index in [-0.39, 0.29) is 12.3 Å². The van der Waals surface area contributed by atoms with Gasteiger partial charge in [0.1, 0.15) is 11.4 Å². The Hall–Kier alpha value is -3.12. The van der Waals surface area contributed by atoms with Gasteiger partial charge in [0.25, 0.3) is 5.91 Å². The Morgan fingerprint density at radius 1 is 1.12 bits per heavy atom. The number of fused-ring (bicyclic) bond motifs is 1. The van der Waals surface area contributed by atoms with Gasteiger partial charge in [0.05, 0.1) is 17.8 Å². The number of imide groups is 1. The molecule has 0 fully saturated rings. The van der Waals surface area contributed by atoms with Crippen molar-refractivity contribution in [1.82, 2.24) is 15.1 Å². The van der Waals surface area contributed by atoms with Gasteiger partial charge in [0.15, 0.2) is 0 Å². The van der Waals surface area contributed by atoms with Gasteiger partial charge in [-0.05, 0) is 29.8 Å². The van der Waals surface area contributed by atoms with E-state index in [4.69, 9.17) is 11.6 Å². The molecule has 0 saturated heterocycles. The van der Waals surface area contributed by atoms with Crippen molar-refractivity contribution >= 4 is 29.2 Å². The summed E-state index contributed by atoms with van der Waals surface area (Å²) in [5.74, 6) is -0.232. The van der Waals surface area contributed by atoms with Crippen molar-refractivity contribution in [1.29, 1.82) is 0 Å². The molecule has 0 atom stereocenters. The molecule has 4 rings (SSSR count). The zero-order valence-corrected chi connectivity index (χ0v) is 14.5. The van der Waals surface area contributed by atoms with Gasteiger partial charge in [0, 0.05) is 11.6 Å². The van der Waals surface area contributed by atoms with Gasteiger partial charge >= 0.3 is 0 Å². The number of halogens is 1. The quantitative estimate of drug-likeness (QED) is 0.696. The summed E-state index contributed by atoms with van der Waals surface area (Å²) >= 11 is 6.04. The van der Waals surface area contributed by atoms with Crippen molar-refractivity contribution in [2.45, 2.75) is 13.0 Å². The largest absolute Gasteiger partial charge is 0.365 e. The maximum Gasteiger partial charge on any atom is 0.263 e. The summed E-state index contributed by atoms with van der Waals surface area (Å²) in [6.07, 6.45) is 0.0761. The molecule has 2 aromatic carbocycles. The molecule has 0 spiro atoms. The molecular formula is C19H15ClN4O2. The highest BCUT2D eigenvalue weighted by Gasteiger charge is 2.31. The summed E-state index contributed by atoms with van der Waals surface area (Å²) in [5, 5.41) is 10.8. The summed E-state index contributed by atoms with van der Waals surface area (Å²) in [6, 6.07) is 16.9. The van der Waals surface area contributed by atoms with Crippen LogP contribution in [0.4, 0.5) is 5.82 Å². The van der Waals surface area contributed by atoms with E-state index in [1.54, 1.807) is 10.7 Å². The average molecular weight is 367 g/mol. The second-order valence-corrected chi connectivity index (χ2v) is 6.39. The maximum absolute atomic E-state index is 12.4. The zero-order chi connectivity index (χ0) is 18.1. The number of aromatic nitrogens is 2. The summed E-state index contributed by atoms with van der Waals surface area (Å²) in [6.45, 7) is 0.465. The van der Waals surface area contributed by atoms with Crippen LogP contribution in [-0.2, 0) is 17.8 Å². The van der Waals surface area contributed by atoms with Crippen molar-refractivity contribution < 1.29 is 9.59 Å². The summed E-state index contributed by atoms with van der Waals surface area (Å²) in [4.78, 5) is 24.1. The van der Waals surface area contributed by atoms with Crippen molar-refractivity contribution in [2.75, 3.05) is 5.32 Å². The van der Waals surface area contributed by atoms with E-state index in [0.717, 1.165) is 11.3 Å². The van der Waals surface area contributed by atoms with E-state index in [2.05, 4.69) is 15.7 Å². The molecule has 7 heteroatoms. The minimum absolute atomic E-state index is 0.0761. The minimum Gasteiger partial charge on any atom is -0.365 e. The topological polar surface area (TPSA) is 76.0 Å². The van der Waals surface area contributed by atoms with E-state index in [0.29, 0.717) is 28.6 Å². The van der Waals surface area contributed by atoms with E-state index in [1.807, 2.05) is 48.5 Å². The van der Waals surface area contributed by atoms with Gasteiger partial charge in [0.2, 0.25) is 5.91 Å². The molecule has 2 N–H and O–H groups in total. The van der Waals surface area contributed by atoms with Crippen LogP contribution in [0.3, 0.4) is 0 Å². The number of nitrogens with one attached hydrogen (secondary N) is 2. The van der Waals surface area contributed by atoms with Crippen molar-refractivity contribution in [3.8, 4) is 5.69 Å². The summed E-state index contributed by atoms with van der Waals surface area (Å²) in [7, 11) is 0. The number of amides is 2. The Bertz CT molecular complexity index is 998. The smallest absolute Gasteiger partial charge is 0.263 e. The van der Waals surface area contributed by atoms with Gasteiger partial charge < -0.3 is 5.32 Å². The van der Waals surface area contributed by atoms with Gasteiger partial charge in [-0.25, -0.2) is 4.68 Å². The van der Waals surface area contributed by atoms with E-state index in [9.17, 15) is 9.59 Å². The number of hydrogen-bond donors (Lipinski definition) is 2. The van der Waals surface area contributed by atoms with Crippen LogP contribution < -0.4 is 10.6 Å². The van der Waals surface area contributed by atoms with E-state index in [1.165, 1.54) is 0 Å². The fourth-order valence-electron chi connectivity index (χ4n) is 2.96. The first kappa shape index (κ1) is 16.4. The molecular weight excluding hydrogens is 352 g/mol. The van der Waals surface area contributed by atoms with Crippen molar-refractivity contribution in [3.05, 3.63) is 76.4 Å². The SMILES string of the molecule is O=C1Cc2nn(-c3ccccc3)c(NCc3cccc(Cl)c3)c2C(=O)N1. The van der Waals surface area contributed by atoms with Crippen LogP contribution in [0.15, 0.2) is 54.6 Å². The molecule has 2 amide bonds. The molecule has 26 heavy (non-hydrogen) atoms. The Balaban J connectivity index is 1.76. The van der Waals surface area contributed by atoms with Gasteiger partial charge in [-0.2, -0.15) is 5.10 Å². The number of carbonyl (C=O) groups is 2. The third-order valence-electron chi connectivity index (χ3n) is 4.12. The first-order valence-corrected chi connectivity index (χ1v) is 8.49. The lowest BCUT2D eigenvalue weighted by Gasteiger charge is -2.14. The lowest BCUT2D eigenvalue weighted by Crippen LogP contribution is -2.37. The minimum atomic E-state index is -0.438. The fraction of sp³-hybridized carbons (Fsp3) is 0.105. The molecule has 2 heterocycles. The van der Waals surface area contributed by atoms with Crippen molar-refractivity contribution in [3.63, 3.8) is 0 Å². The highest BCUT2D eigenvalue weighted by Crippen LogP contribution is 2.27. The Labute approximate surface area is 154 Å². The second kappa shape index (κ2) is 6.65. The first-order valence-electron chi connectivity index (χ1n) is 8.11. The lowest BCUT2D eigenvalue weighted by molar-refractivity contribution is -0.119. The number of anilines is 1. The van der Waals surface area contributed by atoms with Crippen molar-refractivity contribution in [2.24, 2.45) is 0 Å². The number of rotatable bonds is 4. The summed E-state index contributed by atoms with van der Waals surface area (Å²) < 4.78 is 1.66. The molecule has 0 unspecified atom stereocenters. The number of benzene rings is 2. The molecule has 130 valence electrons. The van der Waals surface area contributed by atoms with Gasteiger partial charge in [-0.1, -0.05) is 41.9 Å². The first-order chi connectivity index (χ1) is 12.6. The predicted octanol–water partition coefficient (Wildman–Crippen LogP) is 2.95. The Morgan fingerprint density at radius 3 is 2.69 bits per heavy atom. The molecule has 1 aromatic heterocycles. The van der Waals surface area contributed by atoms with Crippen LogP contribution >= 0.6 is 11.6 Å². The maximum atomic E-state index is 12.4. The van der Waals surface area contributed by atoms with Gasteiger partial charge in [-0.3, -0.25) is 14.9 Å². The van der Waals surface area contributed by atoms with Crippen LogP contribution in [0.5, 0.6) is 0 Å². The predicted molar refractivity (Wildman–Crippen MR) is 98.5 cm³/mol. The summed E-state index contributed by atoms with van der Waals surface area (Å²) in [5.41, 5.74) is 2.64. The second-order valence-electron chi connectivity index (χ2n) is 5.96. The molecule has 0 aliphatic carbocycles. The van der Waals surface area contributed by atoms with Gasteiger partial charge in [-0.15, -0.1) is 0 Å². The third kappa shape index (κ3) is 3.07. The third-order valence-corrected chi connectivity index (χ3v) is 4.35. The highest BCUT2D eigenvalue weighted by molar-refractivity contribution is 6.30. The van der Waals surface area contributed by atoms with Crippen LogP contribution in [0, 0.1) is 0 Å². The van der Waals surface area contributed by atoms with E-state index < -0.39 is 5.91 Å². The van der Waals surface area contributed by atoms with E-state index >= 15 is 0 Å². The van der Waals surface area contributed by atoms with Crippen LogP contribution in [0.2, 0.25) is 5.02 Å². The number of carbonyl (C=O) groups excluding carboxylic acids is 2. The van der Waals surface area contributed by atoms with Crippen LogP contribution in [-0.4, -0.2) is 21.6 Å². The monoisotopic (exact) mass is 366 g/mol. The highest BCUT2D eigenvalue weighted by atomic mass is 35.5. The Morgan fingerprint density at radius 2 is 1.92 bits per heavy atom. The molecule has 3 aromatic rings. The molecule has 1 aliphatic rings. The molecule has 6 nitrogen and oxygen atoms in total. The molecule has 0 bridgehead atoms. The normalized spacial score (nSPS) is 13.3. The Kier molecular flexibility index (Phi) is 4.18. The standard InChI is InChI=1S/C19H15ClN4O2/c20-13-6-4-5-12(9-13)11-21-18-17-15(10-16(25)22-19(17)26)23-24(18)14-7-2-1-3-8-14/h1-9,21H,10-11H2,(H,22,25,26). The number of nitrogens with zero attached hydrogens (tertiary/aromatic N) is 2. The van der Waals surface area contributed by atoms with Crippen LogP contribution in [0.1, 0.15) is 21.6 Å². The molecule has 0 radical (unpaired) electrons.